The maximum Gasteiger partial charge on any atom is 0.266 e. The summed E-state index contributed by atoms with van der Waals surface area (Å²) >= 11 is 1.42. The fourth-order valence-corrected chi connectivity index (χ4v) is 4.97. The van der Waals surface area contributed by atoms with Crippen molar-refractivity contribution < 1.29 is 9.53 Å². The van der Waals surface area contributed by atoms with Gasteiger partial charge in [0.05, 0.1) is 22.6 Å². The average Bonchev–Trinajstić information content (AvgIpc) is 3.07. The van der Waals surface area contributed by atoms with Crippen LogP contribution in [-0.2, 0) is 0 Å². The van der Waals surface area contributed by atoms with E-state index in [1.165, 1.54) is 24.2 Å². The van der Waals surface area contributed by atoms with E-state index >= 15 is 0 Å². The quantitative estimate of drug-likeness (QED) is 0.639. The van der Waals surface area contributed by atoms with E-state index < -0.39 is 0 Å². The molecule has 6 nitrogen and oxygen atoms in total. The van der Waals surface area contributed by atoms with Crippen molar-refractivity contribution in [1.82, 2.24) is 9.97 Å². The number of anilines is 2. The maximum atomic E-state index is 13.1. The van der Waals surface area contributed by atoms with E-state index in [1.807, 2.05) is 38.1 Å². The number of aromatic nitrogens is 2. The zero-order valence-corrected chi connectivity index (χ0v) is 17.9. The first kappa shape index (κ1) is 19.6. The minimum Gasteiger partial charge on any atom is -0.492 e. The molecule has 2 aromatic heterocycles. The van der Waals surface area contributed by atoms with Crippen LogP contribution in [0.3, 0.4) is 0 Å². The third-order valence-electron chi connectivity index (χ3n) is 5.42. The third-order valence-corrected chi connectivity index (χ3v) is 6.62. The number of hydrogen-bond acceptors (Lipinski definition) is 6. The zero-order chi connectivity index (χ0) is 20.4. The second-order valence-electron chi connectivity index (χ2n) is 7.36. The van der Waals surface area contributed by atoms with Crippen LogP contribution in [0.15, 0.2) is 30.6 Å². The van der Waals surface area contributed by atoms with Crippen molar-refractivity contribution in [2.75, 3.05) is 23.4 Å². The maximum absolute atomic E-state index is 13.1. The van der Waals surface area contributed by atoms with E-state index in [0.29, 0.717) is 29.0 Å². The second-order valence-corrected chi connectivity index (χ2v) is 8.35. The number of aryl methyl sites for hydroxylation is 1. The van der Waals surface area contributed by atoms with E-state index in [2.05, 4.69) is 27.1 Å². The largest absolute Gasteiger partial charge is 0.492 e. The van der Waals surface area contributed by atoms with Gasteiger partial charge in [-0.3, -0.25) is 4.79 Å². The zero-order valence-electron chi connectivity index (χ0n) is 17.1. The van der Waals surface area contributed by atoms with Gasteiger partial charge in [0.2, 0.25) is 0 Å². The Morgan fingerprint density at radius 2 is 2.14 bits per heavy atom. The minimum atomic E-state index is -0.143. The van der Waals surface area contributed by atoms with Crippen molar-refractivity contribution in [3.05, 3.63) is 41.0 Å². The van der Waals surface area contributed by atoms with E-state index in [-0.39, 0.29) is 5.91 Å². The summed E-state index contributed by atoms with van der Waals surface area (Å²) in [4.78, 5) is 26.0. The van der Waals surface area contributed by atoms with Crippen LogP contribution in [0, 0.1) is 6.92 Å². The lowest BCUT2D eigenvalue weighted by atomic mass is 10.0. The van der Waals surface area contributed by atoms with Gasteiger partial charge in [0, 0.05) is 12.6 Å². The highest BCUT2D eigenvalue weighted by Gasteiger charge is 2.26. The highest BCUT2D eigenvalue weighted by molar-refractivity contribution is 7.20. The summed E-state index contributed by atoms with van der Waals surface area (Å²) in [5.41, 5.74) is 1.61. The molecule has 1 fully saturated rings. The number of carbonyl (C=O) groups excluding carboxylic acids is 1. The van der Waals surface area contributed by atoms with E-state index in [0.717, 1.165) is 34.6 Å². The van der Waals surface area contributed by atoms with Gasteiger partial charge in [0.15, 0.2) is 0 Å². The molecule has 7 heteroatoms. The molecule has 1 aromatic carbocycles. The van der Waals surface area contributed by atoms with Gasteiger partial charge < -0.3 is 15.0 Å². The number of thiophene rings is 1. The van der Waals surface area contributed by atoms with Gasteiger partial charge in [0.25, 0.3) is 5.91 Å². The number of carbonyl (C=O) groups is 1. The summed E-state index contributed by atoms with van der Waals surface area (Å²) in [7, 11) is 0. The summed E-state index contributed by atoms with van der Waals surface area (Å²) in [6.07, 6.45) is 5.19. The highest BCUT2D eigenvalue weighted by atomic mass is 32.1. The topological polar surface area (TPSA) is 67.3 Å². The van der Waals surface area contributed by atoms with Crippen LogP contribution in [0.4, 0.5) is 11.5 Å². The molecule has 1 amide bonds. The predicted molar refractivity (Wildman–Crippen MR) is 118 cm³/mol. The number of ether oxygens (including phenoxy) is 1. The van der Waals surface area contributed by atoms with Crippen molar-refractivity contribution in [3.8, 4) is 5.75 Å². The summed E-state index contributed by atoms with van der Waals surface area (Å²) in [6.45, 7) is 7.70. The van der Waals surface area contributed by atoms with Gasteiger partial charge >= 0.3 is 0 Å². The van der Waals surface area contributed by atoms with Crippen LogP contribution in [0.25, 0.3) is 10.2 Å². The molecule has 0 spiro atoms. The molecule has 0 aliphatic carbocycles. The number of rotatable bonds is 5. The number of amides is 1. The average molecular weight is 411 g/mol. The first-order chi connectivity index (χ1) is 14.1. The first-order valence-electron chi connectivity index (χ1n) is 10.1. The van der Waals surface area contributed by atoms with Gasteiger partial charge in [-0.05, 0) is 57.7 Å². The lowest BCUT2D eigenvalue weighted by Gasteiger charge is -2.34. The molecule has 3 aromatic rings. The third kappa shape index (κ3) is 3.79. The molecule has 1 aliphatic heterocycles. The van der Waals surface area contributed by atoms with Crippen molar-refractivity contribution in [2.45, 2.75) is 46.1 Å². The SMILES string of the molecule is CCOc1ccccc1NC(=O)c1sc2ncnc(N3CCCCC3C)c2c1C. The smallest absolute Gasteiger partial charge is 0.266 e. The molecule has 4 rings (SSSR count). The Hall–Kier alpha value is -2.67. The van der Waals surface area contributed by atoms with Gasteiger partial charge in [-0.2, -0.15) is 0 Å². The van der Waals surface area contributed by atoms with Crippen molar-refractivity contribution in [3.63, 3.8) is 0 Å². The summed E-state index contributed by atoms with van der Waals surface area (Å²) in [6, 6.07) is 7.94. The number of para-hydroxylation sites is 2. The Labute approximate surface area is 174 Å². The Morgan fingerprint density at radius 1 is 1.31 bits per heavy atom. The van der Waals surface area contributed by atoms with Crippen molar-refractivity contribution >= 4 is 39.0 Å². The fourth-order valence-electron chi connectivity index (χ4n) is 3.93. The van der Waals surface area contributed by atoms with Crippen molar-refractivity contribution in [2.24, 2.45) is 0 Å². The van der Waals surface area contributed by atoms with Gasteiger partial charge in [-0.25, -0.2) is 9.97 Å². The number of nitrogens with zero attached hydrogens (tertiary/aromatic N) is 3. The van der Waals surface area contributed by atoms with Gasteiger partial charge in [-0.1, -0.05) is 12.1 Å². The molecule has 0 radical (unpaired) electrons. The van der Waals surface area contributed by atoms with Crippen LogP contribution >= 0.6 is 11.3 Å². The lowest BCUT2D eigenvalue weighted by Crippen LogP contribution is -2.38. The molecule has 1 saturated heterocycles. The van der Waals surface area contributed by atoms with E-state index in [1.54, 1.807) is 6.33 Å². The van der Waals surface area contributed by atoms with Gasteiger partial charge in [-0.15, -0.1) is 11.3 Å². The Kier molecular flexibility index (Phi) is 5.67. The monoisotopic (exact) mass is 410 g/mol. The second kappa shape index (κ2) is 8.37. The highest BCUT2D eigenvalue weighted by Crippen LogP contribution is 2.37. The van der Waals surface area contributed by atoms with Crippen LogP contribution in [0.5, 0.6) is 5.75 Å². The lowest BCUT2D eigenvalue weighted by molar-refractivity contribution is 0.102. The molecule has 1 N–H and O–H groups in total. The van der Waals surface area contributed by atoms with E-state index in [4.69, 9.17) is 4.74 Å². The minimum absolute atomic E-state index is 0.143. The molecule has 152 valence electrons. The molecule has 1 aliphatic rings. The van der Waals surface area contributed by atoms with Crippen LogP contribution in [0.2, 0.25) is 0 Å². The molecule has 0 saturated carbocycles. The Balaban J connectivity index is 1.69. The first-order valence-corrected chi connectivity index (χ1v) is 11.0. The standard InChI is InChI=1S/C22H26N4O2S/c1-4-28-17-11-6-5-10-16(17)25-21(27)19-15(3)18-20(23-13-24-22(18)29-19)26-12-8-7-9-14(26)2/h5-6,10-11,13-14H,4,7-9,12H2,1-3H3,(H,25,27). The Morgan fingerprint density at radius 3 is 2.93 bits per heavy atom. The molecule has 3 heterocycles. The number of fused-ring (bicyclic) bond motifs is 1. The normalized spacial score (nSPS) is 16.8. The Bertz CT molecular complexity index is 1030. The molecule has 1 atom stereocenters. The van der Waals surface area contributed by atoms with Crippen LogP contribution in [-0.4, -0.2) is 35.1 Å². The number of hydrogen-bond donors (Lipinski definition) is 1. The number of piperidine rings is 1. The molecule has 1 unspecified atom stereocenters. The summed E-state index contributed by atoms with van der Waals surface area (Å²) in [5.74, 6) is 1.48. The molecular weight excluding hydrogens is 384 g/mol. The predicted octanol–water partition coefficient (Wildman–Crippen LogP) is 5.03. The molecule has 29 heavy (non-hydrogen) atoms. The molecule has 0 bridgehead atoms. The fraction of sp³-hybridized carbons (Fsp3) is 0.409. The summed E-state index contributed by atoms with van der Waals surface area (Å²) < 4.78 is 5.63. The summed E-state index contributed by atoms with van der Waals surface area (Å²) in [5, 5.41) is 4.00. The van der Waals surface area contributed by atoms with Crippen molar-refractivity contribution in [1.29, 1.82) is 0 Å². The van der Waals surface area contributed by atoms with Crippen LogP contribution in [0.1, 0.15) is 48.3 Å². The molecular formula is C22H26N4O2S. The van der Waals surface area contributed by atoms with Crippen LogP contribution < -0.4 is 15.0 Å². The van der Waals surface area contributed by atoms with Gasteiger partial charge in [0.1, 0.15) is 22.7 Å². The number of nitrogens with one attached hydrogen (secondary N) is 1. The number of benzene rings is 1. The van der Waals surface area contributed by atoms with E-state index in [9.17, 15) is 4.79 Å².